The molecule has 3 nitrogen and oxygen atoms in total. The van der Waals surface area contributed by atoms with Crippen LogP contribution in [0.4, 0.5) is 0 Å². The van der Waals surface area contributed by atoms with Crippen molar-refractivity contribution in [3.05, 3.63) is 40.7 Å². The maximum atomic E-state index is 7.02. The molecule has 0 bridgehead atoms. The van der Waals surface area contributed by atoms with E-state index < -0.39 is 8.32 Å². The van der Waals surface area contributed by atoms with Crippen LogP contribution in [0.15, 0.2) is 29.5 Å². The van der Waals surface area contributed by atoms with Gasteiger partial charge in [0.25, 0.3) is 0 Å². The Kier molecular flexibility index (Phi) is 5.39. The van der Waals surface area contributed by atoms with Crippen LogP contribution in [0.3, 0.4) is 0 Å². The van der Waals surface area contributed by atoms with Crippen LogP contribution in [0.25, 0.3) is 0 Å². The van der Waals surface area contributed by atoms with Gasteiger partial charge in [-0.2, -0.15) is 0 Å². The van der Waals surface area contributed by atoms with Crippen molar-refractivity contribution in [2.24, 2.45) is 0 Å². The molecule has 1 saturated carbocycles. The zero-order valence-electron chi connectivity index (χ0n) is 17.5. The van der Waals surface area contributed by atoms with Crippen LogP contribution in [-0.2, 0) is 10.8 Å². The molecule has 4 heteroatoms. The molecule has 0 spiro atoms. The van der Waals surface area contributed by atoms with Gasteiger partial charge in [0.05, 0.1) is 12.9 Å². The average molecular weight is 386 g/mol. The van der Waals surface area contributed by atoms with Crippen molar-refractivity contribution < 1.29 is 9.16 Å². The summed E-state index contributed by atoms with van der Waals surface area (Å²) < 4.78 is 12.5. The minimum atomic E-state index is -1.62. The first-order valence-corrected chi connectivity index (χ1v) is 13.5. The van der Waals surface area contributed by atoms with E-state index in [0.717, 1.165) is 18.6 Å². The first kappa shape index (κ1) is 19.1. The molecule has 0 aromatic heterocycles. The number of fused-ring (bicyclic) bond motifs is 5. The third-order valence-corrected chi connectivity index (χ3v) is 12.0. The van der Waals surface area contributed by atoms with Crippen LogP contribution < -0.4 is 4.74 Å². The van der Waals surface area contributed by atoms with Gasteiger partial charge in [-0.15, -0.1) is 0 Å². The zero-order valence-corrected chi connectivity index (χ0v) is 18.5. The summed E-state index contributed by atoms with van der Waals surface area (Å²) in [4.78, 5) is 2.79. The number of hydrogen-bond donors (Lipinski definition) is 0. The second kappa shape index (κ2) is 7.63. The summed E-state index contributed by atoms with van der Waals surface area (Å²) in [7, 11) is 0.141. The van der Waals surface area contributed by atoms with Gasteiger partial charge in [-0.25, -0.2) is 0 Å². The molecule has 0 N–H and O–H groups in total. The number of nitrogens with zero attached hydrogens (tertiary/aromatic N) is 1. The van der Waals surface area contributed by atoms with Gasteiger partial charge in [-0.3, -0.25) is 4.90 Å². The molecule has 2 aliphatic heterocycles. The van der Waals surface area contributed by atoms with Gasteiger partial charge in [-0.1, -0.05) is 26.8 Å². The Morgan fingerprint density at radius 2 is 1.85 bits per heavy atom. The quantitative estimate of drug-likeness (QED) is 0.575. The molecule has 1 aliphatic carbocycles. The molecule has 27 heavy (non-hydrogen) atoms. The largest absolute Gasteiger partial charge is 0.546 e. The molecule has 0 unspecified atom stereocenters. The molecule has 0 radical (unpaired) electrons. The van der Waals surface area contributed by atoms with E-state index >= 15 is 0 Å². The van der Waals surface area contributed by atoms with Gasteiger partial charge in [0.1, 0.15) is 5.75 Å². The van der Waals surface area contributed by atoms with Crippen molar-refractivity contribution >= 4 is 8.32 Å². The SMILES string of the molecule is CC[Si](CC)(CC)OC1=C2CCC[C@@H]2N2CCc3cc(OC)ccc3[C@@H]2C1. The van der Waals surface area contributed by atoms with E-state index in [1.807, 2.05) is 0 Å². The minimum Gasteiger partial charge on any atom is -0.546 e. The Morgan fingerprint density at radius 3 is 2.56 bits per heavy atom. The fraction of sp³-hybridized carbons (Fsp3) is 0.652. The maximum absolute atomic E-state index is 7.02. The molecule has 4 rings (SSSR count). The summed E-state index contributed by atoms with van der Waals surface area (Å²) in [5.41, 5.74) is 4.63. The van der Waals surface area contributed by atoms with Gasteiger partial charge >= 0.3 is 0 Å². The molecule has 0 amide bonds. The van der Waals surface area contributed by atoms with Gasteiger partial charge in [0.15, 0.2) is 0 Å². The van der Waals surface area contributed by atoms with E-state index in [9.17, 15) is 0 Å². The normalized spacial score (nSPS) is 25.0. The maximum Gasteiger partial charge on any atom is 0.250 e. The van der Waals surface area contributed by atoms with Crippen LogP contribution in [0, 0.1) is 0 Å². The predicted octanol–water partition coefficient (Wildman–Crippen LogP) is 5.83. The summed E-state index contributed by atoms with van der Waals surface area (Å²) in [6, 6.07) is 11.5. The van der Waals surface area contributed by atoms with Gasteiger partial charge < -0.3 is 9.16 Å². The van der Waals surface area contributed by atoms with E-state index in [0.29, 0.717) is 12.1 Å². The Balaban J connectivity index is 1.69. The number of benzene rings is 1. The number of rotatable bonds is 6. The van der Waals surface area contributed by atoms with E-state index in [2.05, 4.69) is 43.9 Å². The molecule has 3 aliphatic rings. The van der Waals surface area contributed by atoms with Crippen molar-refractivity contribution in [3.63, 3.8) is 0 Å². The second-order valence-electron chi connectivity index (χ2n) is 8.47. The predicted molar refractivity (Wildman–Crippen MR) is 114 cm³/mol. The topological polar surface area (TPSA) is 21.7 Å². The molecule has 1 fully saturated rings. The highest BCUT2D eigenvalue weighted by molar-refractivity contribution is 6.73. The van der Waals surface area contributed by atoms with Gasteiger partial charge in [-0.05, 0) is 72.6 Å². The van der Waals surface area contributed by atoms with E-state index in [1.54, 1.807) is 12.7 Å². The molecule has 0 saturated heterocycles. The fourth-order valence-corrected chi connectivity index (χ4v) is 8.26. The molecule has 2 atom stereocenters. The number of hydrogen-bond acceptors (Lipinski definition) is 3. The summed E-state index contributed by atoms with van der Waals surface area (Å²) in [6.45, 7) is 8.19. The molecular formula is C23H35NO2Si. The van der Waals surface area contributed by atoms with Crippen LogP contribution >= 0.6 is 0 Å². The first-order chi connectivity index (χ1) is 13.1. The highest BCUT2D eigenvalue weighted by Gasteiger charge is 2.44. The third kappa shape index (κ3) is 3.25. The molecular weight excluding hydrogens is 350 g/mol. The van der Waals surface area contributed by atoms with Crippen molar-refractivity contribution in [3.8, 4) is 5.75 Å². The minimum absolute atomic E-state index is 0.485. The Bertz CT molecular complexity index is 717. The lowest BCUT2D eigenvalue weighted by Gasteiger charge is -2.47. The monoisotopic (exact) mass is 385 g/mol. The first-order valence-electron chi connectivity index (χ1n) is 11.0. The lowest BCUT2D eigenvalue weighted by atomic mass is 9.84. The average Bonchev–Trinajstić information content (AvgIpc) is 3.22. The highest BCUT2D eigenvalue weighted by Crippen LogP contribution is 2.48. The van der Waals surface area contributed by atoms with E-state index in [-0.39, 0.29) is 0 Å². The Labute approximate surface area is 165 Å². The summed E-state index contributed by atoms with van der Waals surface area (Å²) in [6.07, 6.45) is 6.09. The summed E-state index contributed by atoms with van der Waals surface area (Å²) in [5, 5.41) is 0. The van der Waals surface area contributed by atoms with Crippen LogP contribution in [0.5, 0.6) is 5.75 Å². The molecule has 1 aromatic carbocycles. The lowest BCUT2D eigenvalue weighted by molar-refractivity contribution is 0.113. The van der Waals surface area contributed by atoms with Crippen molar-refractivity contribution in [2.75, 3.05) is 13.7 Å². The third-order valence-electron chi connectivity index (χ3n) is 7.48. The van der Waals surface area contributed by atoms with Crippen molar-refractivity contribution in [1.29, 1.82) is 0 Å². The van der Waals surface area contributed by atoms with E-state index in [4.69, 9.17) is 9.16 Å². The van der Waals surface area contributed by atoms with E-state index in [1.165, 1.54) is 60.8 Å². The standard InChI is InChI=1S/C23H35NO2Si/c1-5-27(6-2,7-3)26-23-16-22-19-12-11-18(25-4)15-17(19)13-14-24(22)21-10-8-9-20(21)23/h11-12,15,21-22H,5-10,13-14,16H2,1-4H3/t21-,22-/m0/s1. The number of ether oxygens (including phenoxy) is 1. The summed E-state index contributed by atoms with van der Waals surface area (Å²) >= 11 is 0. The smallest absolute Gasteiger partial charge is 0.250 e. The molecule has 2 heterocycles. The van der Waals surface area contributed by atoms with Crippen LogP contribution in [-0.4, -0.2) is 32.9 Å². The summed E-state index contributed by atoms with van der Waals surface area (Å²) in [5.74, 6) is 2.38. The van der Waals surface area contributed by atoms with Gasteiger partial charge in [0, 0.05) is 25.0 Å². The highest BCUT2D eigenvalue weighted by atomic mass is 28.4. The van der Waals surface area contributed by atoms with Gasteiger partial charge in [0.2, 0.25) is 8.32 Å². The van der Waals surface area contributed by atoms with Crippen LogP contribution in [0.1, 0.15) is 63.6 Å². The zero-order chi connectivity index (χ0) is 19.0. The molecule has 148 valence electrons. The number of methoxy groups -OCH3 is 1. The Morgan fingerprint density at radius 1 is 1.07 bits per heavy atom. The second-order valence-corrected chi connectivity index (χ2v) is 13.2. The Hall–Kier alpha value is -1.26. The van der Waals surface area contributed by atoms with Crippen molar-refractivity contribution in [2.45, 2.75) is 83.1 Å². The fourth-order valence-electron chi connectivity index (χ4n) is 5.59. The lowest BCUT2D eigenvalue weighted by Crippen LogP contribution is -2.47. The van der Waals surface area contributed by atoms with Crippen molar-refractivity contribution in [1.82, 2.24) is 4.90 Å². The van der Waals surface area contributed by atoms with Crippen LogP contribution in [0.2, 0.25) is 18.1 Å². The molecule has 1 aromatic rings.